The highest BCUT2D eigenvalue weighted by molar-refractivity contribution is 8.11. The van der Waals surface area contributed by atoms with Crippen molar-refractivity contribution in [2.45, 2.75) is 5.03 Å². The van der Waals surface area contributed by atoms with E-state index in [1.165, 1.54) is 6.20 Å². The molecule has 0 fully saturated rings. The van der Waals surface area contributed by atoms with Gasteiger partial charge in [-0.25, -0.2) is 0 Å². The Morgan fingerprint density at radius 2 is 2.75 bits per heavy atom. The third-order valence-electron chi connectivity index (χ3n) is 0.541. The number of hydrogen-bond acceptors (Lipinski definition) is 4. The van der Waals surface area contributed by atoms with Gasteiger partial charge < -0.3 is 0 Å². The van der Waals surface area contributed by atoms with E-state index in [0.717, 1.165) is 11.8 Å². The second kappa shape index (κ2) is 2.46. The van der Waals surface area contributed by atoms with Crippen LogP contribution in [0.4, 0.5) is 0 Å². The molecule has 1 rings (SSSR count). The predicted octanol–water partition coefficient (Wildman–Crippen LogP) is -0.0360. The molecule has 8 heavy (non-hydrogen) atoms. The number of carbonyl (C=O) groups excluding carboxylic acids is 1. The summed E-state index contributed by atoms with van der Waals surface area (Å²) in [7, 11) is 0. The number of nitrogens with zero attached hydrogens (tertiary/aromatic N) is 2. The molecular weight excluding hydrogens is 126 g/mol. The van der Waals surface area contributed by atoms with E-state index in [2.05, 4.69) is 15.4 Å². The van der Waals surface area contributed by atoms with E-state index in [1.54, 1.807) is 5.62 Å². The zero-order chi connectivity index (χ0) is 5.82. The average molecular weight is 128 g/mol. The third-order valence-corrected chi connectivity index (χ3v) is 1.03. The van der Waals surface area contributed by atoms with Gasteiger partial charge in [0.15, 0.2) is 0 Å². The molecule has 0 aromatic carbocycles. The summed E-state index contributed by atoms with van der Waals surface area (Å²) in [5, 5.41) is 9.86. The molecule has 0 atom stereocenters. The zero-order valence-corrected chi connectivity index (χ0v) is 4.60. The summed E-state index contributed by atoms with van der Waals surface area (Å²) in [6, 6.07) is 0. The molecule has 0 spiro atoms. The lowest BCUT2D eigenvalue weighted by Crippen LogP contribution is -1.68. The molecule has 5 heteroatoms. The molecular formula is C3H2N3OS. The Morgan fingerprint density at radius 3 is 3.25 bits per heavy atom. The molecule has 0 saturated carbocycles. The molecule has 0 aliphatic heterocycles. The molecule has 0 saturated heterocycles. The topological polar surface area (TPSA) is 58.6 Å². The van der Waals surface area contributed by atoms with Crippen molar-refractivity contribution < 1.29 is 4.79 Å². The van der Waals surface area contributed by atoms with Gasteiger partial charge in [-0.1, -0.05) is 5.21 Å². The van der Waals surface area contributed by atoms with Crippen LogP contribution in [-0.2, 0) is 4.79 Å². The van der Waals surface area contributed by atoms with Crippen LogP contribution in [0.5, 0.6) is 0 Å². The summed E-state index contributed by atoms with van der Waals surface area (Å²) in [6.45, 7) is 0. The highest BCUT2D eigenvalue weighted by Crippen LogP contribution is 2.06. The summed E-state index contributed by atoms with van der Waals surface area (Å²) in [4.78, 5) is 9.63. The first-order chi connectivity index (χ1) is 3.93. The SMILES string of the molecule is O=[C]Sc1c[nH]nn1. The van der Waals surface area contributed by atoms with Gasteiger partial charge in [0.25, 0.3) is 5.62 Å². The first kappa shape index (κ1) is 5.30. The molecule has 1 N–H and O–H groups in total. The second-order valence-corrected chi connectivity index (χ2v) is 1.79. The molecule has 0 aliphatic carbocycles. The minimum Gasteiger partial charge on any atom is -0.277 e. The standard InChI is InChI=1S/C3H2N3OS/c7-2-8-3-1-4-6-5-3/h1H,(H,4,5,6). The number of aromatic nitrogens is 3. The molecule has 1 aromatic heterocycles. The lowest BCUT2D eigenvalue weighted by molar-refractivity contribution is 0.570. The smallest absolute Gasteiger partial charge is 0.272 e. The quantitative estimate of drug-likeness (QED) is 0.568. The van der Waals surface area contributed by atoms with Crippen LogP contribution in [0.2, 0.25) is 0 Å². The normalized spacial score (nSPS) is 9.00. The van der Waals surface area contributed by atoms with Crippen LogP contribution in [0.25, 0.3) is 0 Å². The van der Waals surface area contributed by atoms with Crippen molar-refractivity contribution in [2.24, 2.45) is 0 Å². The molecule has 1 radical (unpaired) electrons. The van der Waals surface area contributed by atoms with E-state index in [4.69, 9.17) is 0 Å². The fourth-order valence-corrected chi connectivity index (χ4v) is 0.562. The van der Waals surface area contributed by atoms with Crippen LogP contribution in [0.1, 0.15) is 0 Å². The van der Waals surface area contributed by atoms with E-state index in [1.807, 2.05) is 0 Å². The fourth-order valence-electron chi connectivity index (χ4n) is 0.284. The third kappa shape index (κ3) is 1.06. The summed E-state index contributed by atoms with van der Waals surface area (Å²) >= 11 is 0.872. The van der Waals surface area contributed by atoms with Gasteiger partial charge in [-0.05, 0) is 11.8 Å². The molecule has 1 aromatic rings. The number of H-pyrrole nitrogens is 1. The molecule has 0 bridgehead atoms. The minimum atomic E-state index is 0.542. The van der Waals surface area contributed by atoms with Crippen molar-refractivity contribution in [3.8, 4) is 0 Å². The average Bonchev–Trinajstić information content (AvgIpc) is 2.19. The van der Waals surface area contributed by atoms with E-state index in [0.29, 0.717) is 5.03 Å². The van der Waals surface area contributed by atoms with E-state index < -0.39 is 0 Å². The molecule has 41 valence electrons. The number of nitrogens with one attached hydrogen (secondary N) is 1. The van der Waals surface area contributed by atoms with Gasteiger partial charge in [-0.15, -0.1) is 5.10 Å². The van der Waals surface area contributed by atoms with Gasteiger partial charge in [0.1, 0.15) is 5.03 Å². The van der Waals surface area contributed by atoms with Crippen molar-refractivity contribution in [3.63, 3.8) is 0 Å². The van der Waals surface area contributed by atoms with Crippen LogP contribution in [-0.4, -0.2) is 21.0 Å². The zero-order valence-electron chi connectivity index (χ0n) is 3.79. The summed E-state index contributed by atoms with van der Waals surface area (Å²) in [5.74, 6) is 0. The Labute approximate surface area is 49.7 Å². The molecule has 0 unspecified atom stereocenters. The van der Waals surface area contributed by atoms with Crippen molar-refractivity contribution in [1.29, 1.82) is 0 Å². The molecule has 4 nitrogen and oxygen atoms in total. The van der Waals surface area contributed by atoms with Gasteiger partial charge >= 0.3 is 0 Å². The summed E-state index contributed by atoms with van der Waals surface area (Å²) in [5.41, 5.74) is 1.61. The van der Waals surface area contributed by atoms with Gasteiger partial charge in [0, 0.05) is 0 Å². The number of rotatable bonds is 2. The Hall–Kier alpha value is -0.840. The van der Waals surface area contributed by atoms with Crippen molar-refractivity contribution in [3.05, 3.63) is 6.20 Å². The lowest BCUT2D eigenvalue weighted by atomic mass is 11.0. The Morgan fingerprint density at radius 1 is 1.88 bits per heavy atom. The van der Waals surface area contributed by atoms with Gasteiger partial charge in [0.05, 0.1) is 6.20 Å². The second-order valence-electron chi connectivity index (χ2n) is 0.997. The van der Waals surface area contributed by atoms with Crippen molar-refractivity contribution in [2.75, 3.05) is 0 Å². The summed E-state index contributed by atoms with van der Waals surface area (Å²) < 4.78 is 0. The maximum atomic E-state index is 9.63. The van der Waals surface area contributed by atoms with E-state index >= 15 is 0 Å². The number of hydrogen-bond donors (Lipinski definition) is 1. The van der Waals surface area contributed by atoms with E-state index in [9.17, 15) is 4.79 Å². The first-order valence-electron chi connectivity index (χ1n) is 1.84. The fraction of sp³-hybridized carbons (Fsp3) is 0. The van der Waals surface area contributed by atoms with E-state index in [-0.39, 0.29) is 0 Å². The van der Waals surface area contributed by atoms with Crippen molar-refractivity contribution in [1.82, 2.24) is 15.4 Å². The van der Waals surface area contributed by atoms with Crippen LogP contribution in [0.3, 0.4) is 0 Å². The molecule has 1 heterocycles. The van der Waals surface area contributed by atoms with Gasteiger partial charge in [-0.3, -0.25) is 9.89 Å². The highest BCUT2D eigenvalue weighted by atomic mass is 32.2. The Balaban J connectivity index is 2.62. The molecule has 0 amide bonds. The largest absolute Gasteiger partial charge is 0.277 e. The highest BCUT2D eigenvalue weighted by Gasteiger charge is 1.91. The van der Waals surface area contributed by atoms with Crippen LogP contribution in [0, 0.1) is 0 Å². The van der Waals surface area contributed by atoms with Gasteiger partial charge in [-0.2, -0.15) is 0 Å². The molecule has 0 aliphatic rings. The number of thioether (sulfide) groups is 1. The van der Waals surface area contributed by atoms with Crippen LogP contribution in [0.15, 0.2) is 11.2 Å². The summed E-state index contributed by atoms with van der Waals surface area (Å²) in [6.07, 6.45) is 1.52. The van der Waals surface area contributed by atoms with Gasteiger partial charge in [0.2, 0.25) is 0 Å². The first-order valence-corrected chi connectivity index (χ1v) is 2.65. The van der Waals surface area contributed by atoms with Crippen LogP contribution < -0.4 is 0 Å². The number of aromatic amines is 1. The minimum absolute atomic E-state index is 0.542. The maximum absolute atomic E-state index is 9.63. The Bertz CT molecular complexity index is 161. The van der Waals surface area contributed by atoms with Crippen LogP contribution >= 0.6 is 11.8 Å². The Kier molecular flexibility index (Phi) is 1.63. The maximum Gasteiger partial charge on any atom is 0.272 e. The monoisotopic (exact) mass is 128 g/mol. The van der Waals surface area contributed by atoms with Crippen molar-refractivity contribution >= 4 is 17.4 Å². The lowest BCUT2D eigenvalue weighted by Gasteiger charge is -1.72. The predicted molar refractivity (Wildman–Crippen MR) is 27.9 cm³/mol.